The van der Waals surface area contributed by atoms with Crippen LogP contribution >= 0.6 is 0 Å². The summed E-state index contributed by atoms with van der Waals surface area (Å²) in [5, 5.41) is 21.6. The van der Waals surface area contributed by atoms with E-state index in [2.05, 4.69) is 5.32 Å². The minimum atomic E-state index is -1.57. The molecule has 4 atom stereocenters. The number of nitrogens with one attached hydrogen (secondary N) is 1. The summed E-state index contributed by atoms with van der Waals surface area (Å²) < 4.78 is 5.48. The molecule has 0 aromatic heterocycles. The van der Waals surface area contributed by atoms with E-state index >= 15 is 0 Å². The molecule has 2 saturated carbocycles. The van der Waals surface area contributed by atoms with Crippen LogP contribution in [0.1, 0.15) is 29.9 Å². The summed E-state index contributed by atoms with van der Waals surface area (Å²) >= 11 is 0. The molecule has 7 nitrogen and oxygen atoms in total. The molecule has 2 fully saturated rings. The van der Waals surface area contributed by atoms with Gasteiger partial charge in [-0.15, -0.1) is 0 Å². The molecule has 0 bridgehead atoms. The molecule has 3 aliphatic carbocycles. The number of carbonyl (C=O) groups is 3. The van der Waals surface area contributed by atoms with E-state index in [4.69, 9.17) is 4.74 Å². The van der Waals surface area contributed by atoms with Gasteiger partial charge >= 0.3 is 18.0 Å². The zero-order valence-electron chi connectivity index (χ0n) is 16.1. The number of hydrogen-bond acceptors (Lipinski definition) is 4. The van der Waals surface area contributed by atoms with Crippen molar-refractivity contribution >= 4 is 18.0 Å². The minimum absolute atomic E-state index is 0.0754. The first-order valence-electron chi connectivity index (χ1n) is 10.0. The second-order valence-corrected chi connectivity index (χ2v) is 8.32. The number of rotatable bonds is 5. The Hall–Kier alpha value is -3.35. The first-order valence-corrected chi connectivity index (χ1v) is 10.0. The van der Waals surface area contributed by atoms with Crippen molar-refractivity contribution in [1.82, 2.24) is 5.32 Å². The van der Waals surface area contributed by atoms with Gasteiger partial charge in [-0.1, -0.05) is 48.5 Å². The Labute approximate surface area is 172 Å². The third-order valence-electron chi connectivity index (χ3n) is 6.95. The lowest BCUT2D eigenvalue weighted by atomic mass is 9.90. The highest BCUT2D eigenvalue weighted by molar-refractivity contribution is 5.89. The van der Waals surface area contributed by atoms with Crippen LogP contribution in [0.2, 0.25) is 0 Å². The molecule has 3 N–H and O–H groups in total. The maximum Gasteiger partial charge on any atom is 0.408 e. The van der Waals surface area contributed by atoms with Crippen molar-refractivity contribution in [2.45, 2.75) is 24.3 Å². The first kappa shape index (κ1) is 18.7. The van der Waals surface area contributed by atoms with Crippen molar-refractivity contribution in [2.24, 2.45) is 17.8 Å². The lowest BCUT2D eigenvalue weighted by molar-refractivity contribution is -0.146. The van der Waals surface area contributed by atoms with Gasteiger partial charge in [0.15, 0.2) is 0 Å². The molecule has 5 rings (SSSR count). The van der Waals surface area contributed by atoms with E-state index in [9.17, 15) is 24.6 Å². The standard InChI is InChI=1S/C23H21NO6/c25-20(26)18-16-9-10-23(19(16)18,21(27)28)24-22(29)30-11-17-14-7-3-1-5-12(14)13-6-2-4-8-15(13)17/h1-8,16-19H,9-11H2,(H,24,29)(H,25,26)(H,27,28)/t16-,18-,19-,23-/m1/s1. The molecule has 3 aliphatic rings. The van der Waals surface area contributed by atoms with Crippen LogP contribution in [0.5, 0.6) is 0 Å². The predicted octanol–water partition coefficient (Wildman–Crippen LogP) is 3.09. The van der Waals surface area contributed by atoms with Gasteiger partial charge in [0.2, 0.25) is 0 Å². The molecule has 0 heterocycles. The van der Waals surface area contributed by atoms with Gasteiger partial charge in [0.25, 0.3) is 0 Å². The van der Waals surface area contributed by atoms with Crippen LogP contribution in [0, 0.1) is 17.8 Å². The molecule has 1 amide bonds. The third kappa shape index (κ3) is 2.61. The average Bonchev–Trinajstić information content (AvgIpc) is 3.24. The molecule has 0 aliphatic heterocycles. The highest BCUT2D eigenvalue weighted by Gasteiger charge is 2.72. The maximum atomic E-state index is 12.6. The van der Waals surface area contributed by atoms with E-state index in [1.807, 2.05) is 48.5 Å². The number of carboxylic acid groups (broad SMARTS) is 2. The topological polar surface area (TPSA) is 113 Å². The quantitative estimate of drug-likeness (QED) is 0.702. The number of aliphatic carboxylic acids is 2. The normalized spacial score (nSPS) is 28.2. The van der Waals surface area contributed by atoms with Crippen molar-refractivity contribution in [2.75, 3.05) is 6.61 Å². The number of carbonyl (C=O) groups excluding carboxylic acids is 1. The van der Waals surface area contributed by atoms with Crippen LogP contribution in [0.15, 0.2) is 48.5 Å². The van der Waals surface area contributed by atoms with Crippen LogP contribution in [0.3, 0.4) is 0 Å². The molecule has 7 heteroatoms. The fourth-order valence-electron chi connectivity index (χ4n) is 5.57. The third-order valence-corrected chi connectivity index (χ3v) is 6.95. The predicted molar refractivity (Wildman–Crippen MR) is 106 cm³/mol. The molecule has 0 radical (unpaired) electrons. The fourth-order valence-corrected chi connectivity index (χ4v) is 5.57. The summed E-state index contributed by atoms with van der Waals surface area (Å²) in [4.78, 5) is 35.9. The lowest BCUT2D eigenvalue weighted by Crippen LogP contribution is -2.56. The maximum absolute atomic E-state index is 12.6. The van der Waals surface area contributed by atoms with Gasteiger partial charge in [0.1, 0.15) is 12.1 Å². The average molecular weight is 407 g/mol. The smallest absolute Gasteiger partial charge is 0.408 e. The number of alkyl carbamates (subject to hydrolysis) is 1. The Bertz CT molecular complexity index is 1020. The summed E-state index contributed by atoms with van der Waals surface area (Å²) in [7, 11) is 0. The molecule has 2 aromatic carbocycles. The van der Waals surface area contributed by atoms with E-state index in [1.54, 1.807) is 0 Å². The first-order chi connectivity index (χ1) is 14.4. The van der Waals surface area contributed by atoms with Crippen molar-refractivity contribution in [3.63, 3.8) is 0 Å². The van der Waals surface area contributed by atoms with Gasteiger partial charge in [-0.25, -0.2) is 9.59 Å². The fraction of sp³-hybridized carbons (Fsp3) is 0.348. The molecule has 0 spiro atoms. The highest BCUT2D eigenvalue weighted by atomic mass is 16.5. The van der Waals surface area contributed by atoms with Gasteiger partial charge in [-0.2, -0.15) is 0 Å². The monoisotopic (exact) mass is 407 g/mol. The Morgan fingerprint density at radius 1 is 1.00 bits per heavy atom. The van der Waals surface area contributed by atoms with Gasteiger partial charge in [0, 0.05) is 11.8 Å². The molecule has 154 valence electrons. The van der Waals surface area contributed by atoms with Gasteiger partial charge in [-0.05, 0) is 41.0 Å². The van der Waals surface area contributed by atoms with Crippen LogP contribution < -0.4 is 5.32 Å². The van der Waals surface area contributed by atoms with E-state index < -0.39 is 35.4 Å². The van der Waals surface area contributed by atoms with Crippen LogP contribution in [0.25, 0.3) is 11.1 Å². The minimum Gasteiger partial charge on any atom is -0.481 e. The second-order valence-electron chi connectivity index (χ2n) is 8.32. The summed E-state index contributed by atoms with van der Waals surface area (Å²) in [5.74, 6) is -3.85. The van der Waals surface area contributed by atoms with E-state index in [0.29, 0.717) is 6.42 Å². The Balaban J connectivity index is 1.32. The SMILES string of the molecule is O=C(N[C@]1(C(=O)O)CC[C@@H]2[C@@H](C(=O)O)[C@@H]21)OCC1c2ccccc2-c2ccccc21. The Morgan fingerprint density at radius 2 is 1.60 bits per heavy atom. The van der Waals surface area contributed by atoms with Crippen molar-refractivity contribution < 1.29 is 29.3 Å². The number of hydrogen-bond donors (Lipinski definition) is 3. The van der Waals surface area contributed by atoms with Crippen molar-refractivity contribution in [3.05, 3.63) is 59.7 Å². The number of carboxylic acids is 2. The summed E-state index contributed by atoms with van der Waals surface area (Å²) in [6.45, 7) is 0.0754. The van der Waals surface area contributed by atoms with Crippen LogP contribution in [-0.2, 0) is 14.3 Å². The van der Waals surface area contributed by atoms with Gasteiger partial charge in [0.05, 0.1) is 5.92 Å². The number of ether oxygens (including phenoxy) is 1. The number of fused-ring (bicyclic) bond motifs is 4. The highest BCUT2D eigenvalue weighted by Crippen LogP contribution is 2.62. The van der Waals surface area contributed by atoms with E-state index in [0.717, 1.165) is 22.3 Å². The lowest BCUT2D eigenvalue weighted by Gasteiger charge is -2.28. The van der Waals surface area contributed by atoms with Gasteiger partial charge < -0.3 is 20.3 Å². The van der Waals surface area contributed by atoms with Gasteiger partial charge in [-0.3, -0.25) is 4.79 Å². The van der Waals surface area contributed by atoms with E-state index in [1.165, 1.54) is 0 Å². The summed E-state index contributed by atoms with van der Waals surface area (Å²) in [5.41, 5.74) is 2.76. The van der Waals surface area contributed by atoms with Crippen LogP contribution in [0.4, 0.5) is 4.79 Å². The van der Waals surface area contributed by atoms with Crippen LogP contribution in [-0.4, -0.2) is 40.4 Å². The molecule has 0 saturated heterocycles. The molecule has 0 unspecified atom stereocenters. The second kappa shape index (κ2) is 6.58. The molecular formula is C23H21NO6. The van der Waals surface area contributed by atoms with E-state index in [-0.39, 0.29) is 24.9 Å². The summed E-state index contributed by atoms with van der Waals surface area (Å²) in [6, 6.07) is 15.9. The zero-order chi connectivity index (χ0) is 21.0. The molecule has 30 heavy (non-hydrogen) atoms. The zero-order valence-corrected chi connectivity index (χ0v) is 16.1. The van der Waals surface area contributed by atoms with Crippen molar-refractivity contribution in [3.8, 4) is 11.1 Å². The number of benzene rings is 2. The Kier molecular flexibility index (Phi) is 4.10. The number of amides is 1. The molecular weight excluding hydrogens is 386 g/mol. The van der Waals surface area contributed by atoms with Crippen molar-refractivity contribution in [1.29, 1.82) is 0 Å². The summed E-state index contributed by atoms with van der Waals surface area (Å²) in [6.07, 6.45) is -0.139. The largest absolute Gasteiger partial charge is 0.481 e. The molecule has 2 aromatic rings. The Morgan fingerprint density at radius 3 is 2.13 bits per heavy atom.